The summed E-state index contributed by atoms with van der Waals surface area (Å²) >= 11 is 0. The molecule has 0 aliphatic carbocycles. The molecule has 0 radical (unpaired) electrons. The lowest BCUT2D eigenvalue weighted by molar-refractivity contribution is 0.130. The lowest BCUT2D eigenvalue weighted by Crippen LogP contribution is -2.32. The average Bonchev–Trinajstić information content (AvgIpc) is 2.56. The number of H-pyrrole nitrogens is 1. The Labute approximate surface area is 98.1 Å². The smallest absolute Gasteiger partial charge is 0.326 e. The highest BCUT2D eigenvalue weighted by Crippen LogP contribution is 2.29. The van der Waals surface area contributed by atoms with Crippen LogP contribution in [-0.4, -0.2) is 27.7 Å². The van der Waals surface area contributed by atoms with Gasteiger partial charge in [0.15, 0.2) is 0 Å². The molecule has 5 heteroatoms. The molecule has 2 atom stereocenters. The summed E-state index contributed by atoms with van der Waals surface area (Å²) in [5, 5.41) is 13.4. The van der Waals surface area contributed by atoms with E-state index in [1.165, 1.54) is 0 Å². The predicted molar refractivity (Wildman–Crippen MR) is 65.0 cm³/mol. The fourth-order valence-corrected chi connectivity index (χ4v) is 2.64. The number of aliphatic hydroxyl groups excluding tert-OH is 1. The molecule has 0 fully saturated rings. The van der Waals surface area contributed by atoms with Gasteiger partial charge in [0.25, 0.3) is 0 Å². The third kappa shape index (κ3) is 1.43. The molecule has 1 aromatic carbocycles. The monoisotopic (exact) mass is 233 g/mol. The molecule has 0 saturated carbocycles. The van der Waals surface area contributed by atoms with E-state index in [1.807, 2.05) is 25.2 Å². The number of aromatic nitrogens is 2. The van der Waals surface area contributed by atoms with Crippen LogP contribution in [0.4, 0.5) is 0 Å². The lowest BCUT2D eigenvalue weighted by atomic mass is 10.0. The van der Waals surface area contributed by atoms with Crippen molar-refractivity contribution < 1.29 is 5.11 Å². The Kier molecular flexibility index (Phi) is 2.31. The molecule has 2 heterocycles. The molecule has 3 rings (SSSR count). The molecule has 2 unspecified atom stereocenters. The normalized spacial score (nSPS) is 23.9. The van der Waals surface area contributed by atoms with Crippen molar-refractivity contribution in [3.05, 3.63) is 34.2 Å². The SMILES string of the molecule is CNC1CCn2c(=O)[nH]c3cccc(c32)C1O. The minimum atomic E-state index is -0.576. The van der Waals surface area contributed by atoms with Gasteiger partial charge in [0.1, 0.15) is 0 Å². The van der Waals surface area contributed by atoms with E-state index in [-0.39, 0.29) is 11.7 Å². The minimum absolute atomic E-state index is 0.0140. The van der Waals surface area contributed by atoms with E-state index >= 15 is 0 Å². The van der Waals surface area contributed by atoms with Crippen molar-refractivity contribution in [2.24, 2.45) is 0 Å². The van der Waals surface area contributed by atoms with E-state index in [9.17, 15) is 9.90 Å². The summed E-state index contributed by atoms with van der Waals surface area (Å²) < 4.78 is 1.71. The van der Waals surface area contributed by atoms with E-state index < -0.39 is 6.10 Å². The highest BCUT2D eigenvalue weighted by molar-refractivity contribution is 5.79. The first-order valence-corrected chi connectivity index (χ1v) is 5.79. The van der Waals surface area contributed by atoms with Crippen LogP contribution in [-0.2, 0) is 6.54 Å². The Balaban J connectivity index is 2.32. The van der Waals surface area contributed by atoms with E-state index in [0.29, 0.717) is 6.54 Å². The second kappa shape index (κ2) is 3.72. The fraction of sp³-hybridized carbons (Fsp3) is 0.417. The lowest BCUT2D eigenvalue weighted by Gasteiger charge is -2.20. The van der Waals surface area contributed by atoms with Crippen LogP contribution in [0.5, 0.6) is 0 Å². The Hall–Kier alpha value is -1.59. The number of aryl methyl sites for hydroxylation is 1. The quantitative estimate of drug-likeness (QED) is 0.666. The number of benzene rings is 1. The zero-order valence-corrected chi connectivity index (χ0v) is 9.60. The molecule has 0 spiro atoms. The Morgan fingerprint density at radius 1 is 1.53 bits per heavy atom. The minimum Gasteiger partial charge on any atom is -0.387 e. The molecule has 90 valence electrons. The van der Waals surface area contributed by atoms with Crippen molar-refractivity contribution in [1.82, 2.24) is 14.9 Å². The average molecular weight is 233 g/mol. The summed E-state index contributed by atoms with van der Waals surface area (Å²) in [5.74, 6) is 0. The third-order valence-electron chi connectivity index (χ3n) is 3.56. The number of aliphatic hydroxyl groups is 1. The number of nitrogens with zero attached hydrogens (tertiary/aromatic N) is 1. The summed E-state index contributed by atoms with van der Waals surface area (Å²) in [6.45, 7) is 0.623. The predicted octanol–water partition coefficient (Wildman–Crippen LogP) is 0.355. The van der Waals surface area contributed by atoms with Gasteiger partial charge in [0.05, 0.1) is 17.1 Å². The number of likely N-dealkylation sites (N-methyl/N-ethyl adjacent to an activating group) is 1. The summed E-state index contributed by atoms with van der Waals surface area (Å²) in [7, 11) is 1.83. The number of hydrogen-bond acceptors (Lipinski definition) is 3. The number of para-hydroxylation sites is 1. The Morgan fingerprint density at radius 3 is 3.12 bits per heavy atom. The molecule has 3 N–H and O–H groups in total. The van der Waals surface area contributed by atoms with Crippen LogP contribution >= 0.6 is 0 Å². The first kappa shape index (κ1) is 10.6. The van der Waals surface area contributed by atoms with Gasteiger partial charge in [-0.25, -0.2) is 4.79 Å². The molecule has 5 nitrogen and oxygen atoms in total. The molecule has 0 amide bonds. The Bertz CT molecular complexity index is 614. The summed E-state index contributed by atoms with van der Waals surface area (Å²) in [6.07, 6.45) is 0.159. The van der Waals surface area contributed by atoms with Gasteiger partial charge in [-0.2, -0.15) is 0 Å². The number of aromatic amines is 1. The van der Waals surface area contributed by atoms with E-state index in [0.717, 1.165) is 23.0 Å². The van der Waals surface area contributed by atoms with Crippen molar-refractivity contribution in [2.75, 3.05) is 7.05 Å². The van der Waals surface area contributed by atoms with Crippen LogP contribution in [0.2, 0.25) is 0 Å². The van der Waals surface area contributed by atoms with Gasteiger partial charge in [-0.05, 0) is 19.5 Å². The number of imidazole rings is 1. The van der Waals surface area contributed by atoms with Crippen molar-refractivity contribution >= 4 is 11.0 Å². The van der Waals surface area contributed by atoms with Crippen LogP contribution in [0.1, 0.15) is 18.1 Å². The molecule has 0 bridgehead atoms. The van der Waals surface area contributed by atoms with Gasteiger partial charge < -0.3 is 15.4 Å². The topological polar surface area (TPSA) is 70.0 Å². The van der Waals surface area contributed by atoms with Gasteiger partial charge in [0, 0.05) is 18.2 Å². The number of nitrogens with one attached hydrogen (secondary N) is 2. The summed E-state index contributed by atoms with van der Waals surface area (Å²) in [4.78, 5) is 14.6. The largest absolute Gasteiger partial charge is 0.387 e. The maximum Gasteiger partial charge on any atom is 0.326 e. The molecule has 2 aromatic rings. The Morgan fingerprint density at radius 2 is 2.35 bits per heavy atom. The number of rotatable bonds is 1. The zero-order chi connectivity index (χ0) is 12.0. The first-order valence-electron chi connectivity index (χ1n) is 5.79. The standard InChI is InChI=1S/C12H15N3O2/c1-13-9-5-6-15-10-7(11(9)16)3-2-4-8(10)14-12(15)17/h2-4,9,11,13,16H,5-6H2,1H3,(H,14,17). The second-order valence-corrected chi connectivity index (χ2v) is 4.45. The highest BCUT2D eigenvalue weighted by atomic mass is 16.3. The van der Waals surface area contributed by atoms with Crippen molar-refractivity contribution in [3.63, 3.8) is 0 Å². The maximum absolute atomic E-state index is 11.8. The molecule has 1 aromatic heterocycles. The van der Waals surface area contributed by atoms with Crippen LogP contribution in [0.25, 0.3) is 11.0 Å². The number of hydrogen-bond donors (Lipinski definition) is 3. The van der Waals surface area contributed by atoms with E-state index in [2.05, 4.69) is 10.3 Å². The van der Waals surface area contributed by atoms with Gasteiger partial charge >= 0.3 is 5.69 Å². The van der Waals surface area contributed by atoms with Gasteiger partial charge in [-0.15, -0.1) is 0 Å². The van der Waals surface area contributed by atoms with Crippen molar-refractivity contribution in [1.29, 1.82) is 0 Å². The van der Waals surface area contributed by atoms with Gasteiger partial charge in [0.2, 0.25) is 0 Å². The fourth-order valence-electron chi connectivity index (χ4n) is 2.64. The summed E-state index contributed by atoms with van der Waals surface area (Å²) in [5.41, 5.74) is 2.35. The van der Waals surface area contributed by atoms with Gasteiger partial charge in [-0.3, -0.25) is 4.57 Å². The van der Waals surface area contributed by atoms with Crippen LogP contribution in [0, 0.1) is 0 Å². The van der Waals surface area contributed by atoms with Crippen molar-refractivity contribution in [2.45, 2.75) is 25.1 Å². The molecular formula is C12H15N3O2. The molecule has 1 aliphatic rings. The van der Waals surface area contributed by atoms with E-state index in [4.69, 9.17) is 0 Å². The maximum atomic E-state index is 11.8. The summed E-state index contributed by atoms with van der Waals surface area (Å²) in [6, 6.07) is 5.59. The first-order chi connectivity index (χ1) is 8.22. The highest BCUT2D eigenvalue weighted by Gasteiger charge is 2.26. The van der Waals surface area contributed by atoms with E-state index in [1.54, 1.807) is 4.57 Å². The van der Waals surface area contributed by atoms with Gasteiger partial charge in [-0.1, -0.05) is 12.1 Å². The third-order valence-corrected chi connectivity index (χ3v) is 3.56. The molecular weight excluding hydrogens is 218 g/mol. The second-order valence-electron chi connectivity index (χ2n) is 4.45. The van der Waals surface area contributed by atoms with Crippen LogP contribution < -0.4 is 11.0 Å². The molecule has 17 heavy (non-hydrogen) atoms. The van der Waals surface area contributed by atoms with Crippen LogP contribution in [0.15, 0.2) is 23.0 Å². The molecule has 0 saturated heterocycles. The van der Waals surface area contributed by atoms with Crippen molar-refractivity contribution in [3.8, 4) is 0 Å². The molecule has 1 aliphatic heterocycles. The van der Waals surface area contributed by atoms with Crippen LogP contribution in [0.3, 0.4) is 0 Å². The zero-order valence-electron chi connectivity index (χ0n) is 9.60.